The number of carboxylic acids is 1. The molecule has 1 rings (SSSR count). The average molecular weight is 174 g/mol. The second-order valence-corrected chi connectivity index (χ2v) is 2.82. The number of β-amino-alcohol motifs (C(OH)–C–C–N with tert-alkyl or cyclic N) is 1. The number of hydrogen-bond acceptors (Lipinski definition) is 2. The van der Waals surface area contributed by atoms with Crippen LogP contribution in [0.1, 0.15) is 6.42 Å². The Morgan fingerprint density at radius 3 is 2.42 bits per heavy atom. The van der Waals surface area contributed by atoms with E-state index in [2.05, 4.69) is 0 Å². The largest absolute Gasteiger partial charge is 0.479 e. The Morgan fingerprint density at radius 1 is 1.50 bits per heavy atom. The molecule has 1 aliphatic rings. The minimum atomic E-state index is -1.01. The first kappa shape index (κ1) is 8.79. The quantitative estimate of drug-likeness (QED) is 0.259. The molecule has 0 bridgehead atoms. The monoisotopic (exact) mass is 174 g/mol. The first-order chi connectivity index (χ1) is 5.52. The van der Waals surface area contributed by atoms with Crippen LogP contribution in [0.25, 0.3) is 0 Å². The van der Waals surface area contributed by atoms with Crippen molar-refractivity contribution >= 4 is 11.9 Å². The van der Waals surface area contributed by atoms with Crippen LogP contribution < -0.4 is 11.5 Å². The number of aliphatic carboxylic acids is 1. The van der Waals surface area contributed by atoms with Gasteiger partial charge in [-0.1, -0.05) is 0 Å². The fourth-order valence-electron chi connectivity index (χ4n) is 1.33. The number of hydrogen-bond donors (Lipinski definition) is 4. The maximum absolute atomic E-state index is 10.6. The zero-order chi connectivity index (χ0) is 9.30. The van der Waals surface area contributed by atoms with E-state index in [1.807, 2.05) is 0 Å². The average Bonchev–Trinajstić information content (AvgIpc) is 2.31. The van der Waals surface area contributed by atoms with E-state index in [4.69, 9.17) is 21.7 Å². The Kier molecular flexibility index (Phi) is 2.18. The summed E-state index contributed by atoms with van der Waals surface area (Å²) in [6.45, 7) is 0.194. The van der Waals surface area contributed by atoms with E-state index in [0.717, 1.165) is 0 Å². The fraction of sp³-hybridized carbons (Fsp3) is 0.667. The highest BCUT2D eigenvalue weighted by atomic mass is 16.4. The molecule has 0 aromatic heterocycles. The second-order valence-electron chi connectivity index (χ2n) is 2.82. The lowest BCUT2D eigenvalue weighted by molar-refractivity contribution is -0.537. The highest BCUT2D eigenvalue weighted by Gasteiger charge is 2.36. The molecule has 6 N–H and O–H groups in total. The number of carbonyl (C=O) groups is 1. The molecule has 0 radical (unpaired) electrons. The summed E-state index contributed by atoms with van der Waals surface area (Å²) >= 11 is 0. The van der Waals surface area contributed by atoms with Crippen LogP contribution in [-0.4, -0.2) is 45.4 Å². The first-order valence-corrected chi connectivity index (χ1v) is 3.57. The molecule has 2 atom stereocenters. The molecule has 12 heavy (non-hydrogen) atoms. The van der Waals surface area contributed by atoms with E-state index >= 15 is 0 Å². The predicted molar refractivity (Wildman–Crippen MR) is 40.6 cm³/mol. The van der Waals surface area contributed by atoms with Gasteiger partial charge >= 0.3 is 11.9 Å². The van der Waals surface area contributed by atoms with Crippen LogP contribution in [0.4, 0.5) is 0 Å². The number of guanidine groups is 1. The summed E-state index contributed by atoms with van der Waals surface area (Å²) in [6, 6.07) is -0.787. The molecule has 0 unspecified atom stereocenters. The lowest BCUT2D eigenvalue weighted by Crippen LogP contribution is -2.41. The van der Waals surface area contributed by atoms with Gasteiger partial charge in [0.15, 0.2) is 6.04 Å². The summed E-state index contributed by atoms with van der Waals surface area (Å²) in [5.41, 5.74) is 10.5. The first-order valence-electron chi connectivity index (χ1n) is 3.57. The van der Waals surface area contributed by atoms with Crippen molar-refractivity contribution in [2.24, 2.45) is 11.5 Å². The van der Waals surface area contributed by atoms with Gasteiger partial charge in [-0.2, -0.15) is 0 Å². The number of nitrogens with two attached hydrogens (primary N) is 2. The van der Waals surface area contributed by atoms with E-state index in [0.29, 0.717) is 0 Å². The van der Waals surface area contributed by atoms with E-state index in [-0.39, 0.29) is 18.9 Å². The zero-order valence-corrected chi connectivity index (χ0v) is 6.47. The highest BCUT2D eigenvalue weighted by molar-refractivity contribution is 5.76. The lowest BCUT2D eigenvalue weighted by Gasteiger charge is -2.05. The van der Waals surface area contributed by atoms with Crippen LogP contribution >= 0.6 is 0 Å². The number of carboxylic acid groups (broad SMARTS) is 1. The predicted octanol–water partition coefficient (Wildman–Crippen LogP) is -2.51. The van der Waals surface area contributed by atoms with Gasteiger partial charge in [0, 0.05) is 6.42 Å². The van der Waals surface area contributed by atoms with E-state index in [1.165, 1.54) is 4.58 Å². The van der Waals surface area contributed by atoms with Crippen LogP contribution in [0.3, 0.4) is 0 Å². The topological polar surface area (TPSA) is 113 Å². The molecule has 0 saturated carbocycles. The third-order valence-corrected chi connectivity index (χ3v) is 1.90. The second kappa shape index (κ2) is 2.98. The molecular weight excluding hydrogens is 162 g/mol. The van der Waals surface area contributed by atoms with Crippen molar-refractivity contribution in [1.29, 1.82) is 0 Å². The molecule has 0 aromatic carbocycles. The summed E-state index contributed by atoms with van der Waals surface area (Å²) in [5.74, 6) is -1.07. The molecule has 1 fully saturated rings. The smallest absolute Gasteiger partial charge is 0.341 e. The molecule has 6 heteroatoms. The Morgan fingerprint density at radius 2 is 2.08 bits per heavy atom. The number of nitrogens with zero attached hydrogens (tertiary/aromatic N) is 1. The normalized spacial score (nSPS) is 28.9. The lowest BCUT2D eigenvalue weighted by atomic mass is 10.2. The summed E-state index contributed by atoms with van der Waals surface area (Å²) in [6.07, 6.45) is -0.485. The van der Waals surface area contributed by atoms with Crippen LogP contribution in [0.2, 0.25) is 0 Å². The van der Waals surface area contributed by atoms with Crippen molar-refractivity contribution in [2.45, 2.75) is 18.6 Å². The maximum Gasteiger partial charge on any atom is 0.341 e. The Bertz CT molecular complexity index is 234. The van der Waals surface area contributed by atoms with Gasteiger partial charge in [0.1, 0.15) is 0 Å². The van der Waals surface area contributed by atoms with Gasteiger partial charge in [-0.3, -0.25) is 11.5 Å². The molecule has 0 amide bonds. The molecule has 0 spiro atoms. The third kappa shape index (κ3) is 1.48. The van der Waals surface area contributed by atoms with Gasteiger partial charge in [-0.15, -0.1) is 0 Å². The molecule has 0 aromatic rings. The summed E-state index contributed by atoms with van der Waals surface area (Å²) in [4.78, 5) is 10.6. The van der Waals surface area contributed by atoms with Crippen LogP contribution in [0.15, 0.2) is 0 Å². The minimum Gasteiger partial charge on any atom is -0.479 e. The Labute approximate surface area is 69.1 Å². The summed E-state index contributed by atoms with van der Waals surface area (Å²) in [5, 5.41) is 17.8. The van der Waals surface area contributed by atoms with Gasteiger partial charge in [0.2, 0.25) is 0 Å². The van der Waals surface area contributed by atoms with Crippen molar-refractivity contribution < 1.29 is 19.6 Å². The number of rotatable bonds is 1. The van der Waals surface area contributed by atoms with Crippen LogP contribution in [0.5, 0.6) is 0 Å². The summed E-state index contributed by atoms with van der Waals surface area (Å²) in [7, 11) is 0. The Balaban J connectivity index is 2.87. The molecule has 6 nitrogen and oxygen atoms in total. The van der Waals surface area contributed by atoms with Crippen molar-refractivity contribution in [3.8, 4) is 0 Å². The number of aliphatic hydroxyl groups excluding tert-OH is 1. The number of aliphatic hydroxyl groups is 1. The molecule has 1 heterocycles. The van der Waals surface area contributed by atoms with Crippen LogP contribution in [-0.2, 0) is 4.79 Å². The molecular formula is C6H12N3O3+. The van der Waals surface area contributed by atoms with Crippen molar-refractivity contribution in [2.75, 3.05) is 6.54 Å². The van der Waals surface area contributed by atoms with Crippen molar-refractivity contribution in [3.05, 3.63) is 0 Å². The van der Waals surface area contributed by atoms with E-state index in [9.17, 15) is 4.79 Å². The summed E-state index contributed by atoms with van der Waals surface area (Å²) < 4.78 is 1.28. The van der Waals surface area contributed by atoms with Gasteiger partial charge < -0.3 is 10.2 Å². The van der Waals surface area contributed by atoms with Gasteiger partial charge in [-0.25, -0.2) is 9.37 Å². The molecule has 1 saturated heterocycles. The zero-order valence-electron chi connectivity index (χ0n) is 6.47. The fourth-order valence-corrected chi connectivity index (χ4v) is 1.33. The van der Waals surface area contributed by atoms with Crippen LogP contribution in [0, 0.1) is 0 Å². The maximum atomic E-state index is 10.6. The third-order valence-electron chi connectivity index (χ3n) is 1.90. The van der Waals surface area contributed by atoms with Crippen molar-refractivity contribution in [1.82, 2.24) is 0 Å². The van der Waals surface area contributed by atoms with Gasteiger partial charge in [-0.05, 0) is 0 Å². The molecule has 0 aliphatic carbocycles. The minimum absolute atomic E-state index is 0.0565. The SMILES string of the molecule is NC(N)=[N+]1C[C@H](O)C[C@H]1C(=O)O. The van der Waals surface area contributed by atoms with Crippen molar-refractivity contribution in [3.63, 3.8) is 0 Å². The molecule has 1 aliphatic heterocycles. The molecule has 68 valence electrons. The highest BCUT2D eigenvalue weighted by Crippen LogP contribution is 2.12. The van der Waals surface area contributed by atoms with Gasteiger partial charge in [0.05, 0.1) is 12.6 Å². The van der Waals surface area contributed by atoms with E-state index < -0.39 is 18.1 Å². The standard InChI is InChI=1S/C6H11N3O3/c7-6(8)9-2-3(10)1-4(9)5(11)12/h3-4,10H,1-2H2,(H4,7,8,11,12)/p+1/t3-,4+/m1/s1. The Hall–Kier alpha value is -1.30. The van der Waals surface area contributed by atoms with Gasteiger partial charge in [0.25, 0.3) is 0 Å². The van der Waals surface area contributed by atoms with E-state index in [1.54, 1.807) is 0 Å².